The zero-order chi connectivity index (χ0) is 29.7. The summed E-state index contributed by atoms with van der Waals surface area (Å²) in [4.78, 5) is 27.4. The van der Waals surface area contributed by atoms with E-state index in [1.54, 1.807) is 0 Å². The predicted molar refractivity (Wildman–Crippen MR) is 170 cm³/mol. The molecule has 0 N–H and O–H groups in total. The zero-order valence-electron chi connectivity index (χ0n) is 24.2. The molecule has 44 heavy (non-hydrogen) atoms. The van der Waals surface area contributed by atoms with Crippen molar-refractivity contribution in [2.75, 3.05) is 31.1 Å². The third kappa shape index (κ3) is 5.87. The lowest BCUT2D eigenvalue weighted by Gasteiger charge is -2.24. The van der Waals surface area contributed by atoms with Gasteiger partial charge in [0.15, 0.2) is 0 Å². The molecule has 8 nitrogen and oxygen atoms in total. The molecule has 0 unspecified atom stereocenters. The Morgan fingerprint density at radius 2 is 1.48 bits per heavy atom. The summed E-state index contributed by atoms with van der Waals surface area (Å²) in [7, 11) is 0. The van der Waals surface area contributed by atoms with Crippen molar-refractivity contribution in [2.24, 2.45) is 0 Å². The van der Waals surface area contributed by atoms with Crippen molar-refractivity contribution in [2.45, 2.75) is 12.8 Å². The van der Waals surface area contributed by atoms with Gasteiger partial charge in [-0.1, -0.05) is 84.0 Å². The molecule has 0 saturated carbocycles. The van der Waals surface area contributed by atoms with Gasteiger partial charge in [0.05, 0.1) is 0 Å². The van der Waals surface area contributed by atoms with Gasteiger partial charge in [-0.2, -0.15) is 4.98 Å². The lowest BCUT2D eigenvalue weighted by molar-refractivity contribution is 0.0767. The molecule has 1 fully saturated rings. The number of aromatic nitrogens is 3. The topological polar surface area (TPSA) is 84.6 Å². The fourth-order valence-electron chi connectivity index (χ4n) is 5.59. The van der Waals surface area contributed by atoms with Crippen LogP contribution in [0.15, 0.2) is 120 Å². The van der Waals surface area contributed by atoms with Crippen LogP contribution in [0.2, 0.25) is 0 Å². The maximum atomic E-state index is 13.3. The van der Waals surface area contributed by atoms with Crippen LogP contribution in [0.5, 0.6) is 11.5 Å². The minimum atomic E-state index is 0.0472. The molecule has 8 heteroatoms. The van der Waals surface area contributed by atoms with E-state index in [0.29, 0.717) is 54.6 Å². The first-order chi connectivity index (χ1) is 21.7. The number of carbonyl (C=O) groups is 1. The number of anilines is 1. The molecule has 1 aliphatic rings. The Morgan fingerprint density at radius 3 is 2.27 bits per heavy atom. The summed E-state index contributed by atoms with van der Waals surface area (Å²) in [6.45, 7) is 2.60. The molecular weight excluding hydrogens is 550 g/mol. The van der Waals surface area contributed by atoms with E-state index in [1.165, 1.54) is 0 Å². The van der Waals surface area contributed by atoms with E-state index < -0.39 is 0 Å². The van der Waals surface area contributed by atoms with Gasteiger partial charge in [-0.15, -0.1) is 0 Å². The maximum absolute atomic E-state index is 13.3. The van der Waals surface area contributed by atoms with E-state index >= 15 is 0 Å². The van der Waals surface area contributed by atoms with Crippen molar-refractivity contribution in [1.29, 1.82) is 0 Å². The third-order valence-electron chi connectivity index (χ3n) is 7.76. The molecule has 0 aliphatic carbocycles. The van der Waals surface area contributed by atoms with Gasteiger partial charge in [-0.25, -0.2) is 4.98 Å². The van der Waals surface area contributed by atoms with Crippen LogP contribution >= 0.6 is 0 Å². The molecule has 0 spiro atoms. The quantitative estimate of drug-likeness (QED) is 0.200. The first-order valence-electron chi connectivity index (χ1n) is 14.8. The largest absolute Gasteiger partial charge is 0.457 e. The number of nitrogens with zero attached hydrogens (tertiary/aromatic N) is 5. The molecule has 218 valence electrons. The summed E-state index contributed by atoms with van der Waals surface area (Å²) in [5.41, 5.74) is 3.75. The van der Waals surface area contributed by atoms with E-state index in [4.69, 9.17) is 19.2 Å². The minimum absolute atomic E-state index is 0.0472. The Balaban J connectivity index is 1.25. The van der Waals surface area contributed by atoms with E-state index in [2.05, 4.69) is 22.2 Å². The Kier molecular flexibility index (Phi) is 7.70. The zero-order valence-corrected chi connectivity index (χ0v) is 24.2. The van der Waals surface area contributed by atoms with Crippen LogP contribution in [0.25, 0.3) is 22.4 Å². The van der Waals surface area contributed by atoms with Gasteiger partial charge in [-0.05, 0) is 48.4 Å². The molecule has 2 aromatic heterocycles. The van der Waals surface area contributed by atoms with E-state index in [9.17, 15) is 4.79 Å². The van der Waals surface area contributed by atoms with Gasteiger partial charge >= 0.3 is 0 Å². The van der Waals surface area contributed by atoms with Crippen LogP contribution in [0.1, 0.15) is 28.2 Å². The summed E-state index contributed by atoms with van der Waals surface area (Å²) in [6.07, 6.45) is 1.37. The number of hydrogen-bond donors (Lipinski definition) is 0. The van der Waals surface area contributed by atoms with Crippen molar-refractivity contribution < 1.29 is 14.1 Å². The molecule has 1 amide bonds. The molecule has 7 rings (SSSR count). The van der Waals surface area contributed by atoms with Gasteiger partial charge in [0, 0.05) is 43.7 Å². The van der Waals surface area contributed by atoms with Crippen molar-refractivity contribution in [3.05, 3.63) is 132 Å². The summed E-state index contributed by atoms with van der Waals surface area (Å²) >= 11 is 0. The minimum Gasteiger partial charge on any atom is -0.457 e. The number of rotatable bonds is 7. The van der Waals surface area contributed by atoms with Crippen molar-refractivity contribution in [3.8, 4) is 22.8 Å². The van der Waals surface area contributed by atoms with Crippen LogP contribution in [0.4, 0.5) is 5.82 Å². The number of fused-ring (bicyclic) bond motifs is 1. The number of benzene rings is 4. The Morgan fingerprint density at radius 1 is 0.750 bits per heavy atom. The second-order valence-electron chi connectivity index (χ2n) is 10.8. The molecule has 0 atom stereocenters. The molecule has 1 saturated heterocycles. The van der Waals surface area contributed by atoms with Crippen LogP contribution in [0, 0.1) is 0 Å². The number of hydrogen-bond acceptors (Lipinski definition) is 7. The monoisotopic (exact) mass is 581 g/mol. The normalized spacial score (nSPS) is 13.5. The standard InChI is InChI=1S/C36H31N5O3/c42-36(27-14-6-2-7-15-27)41-21-11-20-40(22-23-41)34-32-33(28-16-10-19-30(25-28)43-29-17-8-3-9-18-29)39-44-35(32)38-31(37-34)24-26-12-4-1-5-13-26/h1-10,12-19,25H,11,20-24H2. The van der Waals surface area contributed by atoms with Crippen molar-refractivity contribution in [3.63, 3.8) is 0 Å². The number of ether oxygens (including phenoxy) is 1. The lowest BCUT2D eigenvalue weighted by atomic mass is 10.1. The Bertz CT molecular complexity index is 1880. The summed E-state index contributed by atoms with van der Waals surface area (Å²) in [5.74, 6) is 2.91. The highest BCUT2D eigenvalue weighted by Gasteiger charge is 2.26. The van der Waals surface area contributed by atoms with Gasteiger partial charge in [0.1, 0.15) is 34.2 Å². The van der Waals surface area contributed by atoms with Gasteiger partial charge in [0.25, 0.3) is 11.6 Å². The highest BCUT2D eigenvalue weighted by atomic mass is 16.5. The van der Waals surface area contributed by atoms with Crippen LogP contribution in [0.3, 0.4) is 0 Å². The fourth-order valence-corrected chi connectivity index (χ4v) is 5.59. The Labute approximate surface area is 255 Å². The summed E-state index contributed by atoms with van der Waals surface area (Å²) in [5, 5.41) is 5.25. The number of para-hydroxylation sites is 1. The Hall–Kier alpha value is -5.50. The molecule has 1 aliphatic heterocycles. The van der Waals surface area contributed by atoms with E-state index in [1.807, 2.05) is 108 Å². The number of carbonyl (C=O) groups excluding carboxylic acids is 1. The van der Waals surface area contributed by atoms with Crippen LogP contribution in [-0.4, -0.2) is 52.1 Å². The average molecular weight is 582 g/mol. The average Bonchev–Trinajstić information content (AvgIpc) is 3.34. The molecule has 3 heterocycles. The molecular formula is C36H31N5O3. The smallest absolute Gasteiger partial charge is 0.263 e. The second kappa shape index (κ2) is 12.4. The lowest BCUT2D eigenvalue weighted by Crippen LogP contribution is -2.35. The fraction of sp³-hybridized carbons (Fsp3) is 0.167. The molecule has 4 aromatic carbocycles. The summed E-state index contributed by atoms with van der Waals surface area (Å²) in [6, 6.07) is 37.1. The predicted octanol–water partition coefficient (Wildman–Crippen LogP) is 7.02. The maximum Gasteiger partial charge on any atom is 0.263 e. The van der Waals surface area contributed by atoms with E-state index in [-0.39, 0.29) is 5.91 Å². The van der Waals surface area contributed by atoms with Crippen LogP contribution < -0.4 is 9.64 Å². The van der Waals surface area contributed by atoms with Crippen LogP contribution in [-0.2, 0) is 6.42 Å². The first-order valence-corrected chi connectivity index (χ1v) is 14.8. The SMILES string of the molecule is O=C(c1ccccc1)N1CCCN(c2nc(Cc3ccccc3)nc3onc(-c4cccc(Oc5ccccc5)c4)c23)CC1. The van der Waals surface area contributed by atoms with Gasteiger partial charge < -0.3 is 19.1 Å². The third-order valence-corrected chi connectivity index (χ3v) is 7.76. The second-order valence-corrected chi connectivity index (χ2v) is 10.8. The van der Waals surface area contributed by atoms with Crippen molar-refractivity contribution >= 4 is 22.8 Å². The molecule has 0 bridgehead atoms. The van der Waals surface area contributed by atoms with Gasteiger partial charge in [0.2, 0.25) is 0 Å². The number of amides is 1. The molecule has 6 aromatic rings. The highest BCUT2D eigenvalue weighted by molar-refractivity contribution is 5.98. The van der Waals surface area contributed by atoms with Gasteiger partial charge in [-0.3, -0.25) is 4.79 Å². The first kappa shape index (κ1) is 27.3. The molecule has 0 radical (unpaired) electrons. The summed E-state index contributed by atoms with van der Waals surface area (Å²) < 4.78 is 12.0. The van der Waals surface area contributed by atoms with E-state index in [0.717, 1.165) is 41.0 Å². The van der Waals surface area contributed by atoms with Crippen molar-refractivity contribution in [1.82, 2.24) is 20.0 Å². The highest BCUT2D eigenvalue weighted by Crippen LogP contribution is 2.36.